The molecule has 0 aromatic carbocycles. The van der Waals surface area contributed by atoms with Gasteiger partial charge in [-0.3, -0.25) is 0 Å². The topological polar surface area (TPSA) is 12.5 Å². The van der Waals surface area contributed by atoms with Crippen molar-refractivity contribution >= 4 is 0 Å². The highest BCUT2D eigenvalue weighted by Gasteiger charge is 2.34. The van der Waals surface area contributed by atoms with Gasteiger partial charge < -0.3 is 9.64 Å². The highest BCUT2D eigenvalue weighted by atomic mass is 16.5. The van der Waals surface area contributed by atoms with Crippen molar-refractivity contribution in [3.05, 3.63) is 11.6 Å². The number of hydrogen-bond acceptors (Lipinski definition) is 2. The zero-order chi connectivity index (χ0) is 9.97. The molecule has 0 N–H and O–H groups in total. The summed E-state index contributed by atoms with van der Waals surface area (Å²) in [6.45, 7) is 8.82. The van der Waals surface area contributed by atoms with Gasteiger partial charge in [-0.15, -0.1) is 0 Å². The second-order valence-electron chi connectivity index (χ2n) is 4.79. The van der Waals surface area contributed by atoms with Crippen LogP contribution in [0.2, 0.25) is 0 Å². The van der Waals surface area contributed by atoms with Crippen LogP contribution in [0.1, 0.15) is 26.7 Å². The predicted octanol–water partition coefficient (Wildman–Crippen LogP) is 2.06. The van der Waals surface area contributed by atoms with Gasteiger partial charge in [0.2, 0.25) is 0 Å². The summed E-state index contributed by atoms with van der Waals surface area (Å²) in [5, 5.41) is 0. The second kappa shape index (κ2) is 4.45. The molecule has 3 fully saturated rings. The van der Waals surface area contributed by atoms with E-state index in [-0.39, 0.29) is 0 Å². The van der Waals surface area contributed by atoms with Crippen LogP contribution in [0.3, 0.4) is 0 Å². The summed E-state index contributed by atoms with van der Waals surface area (Å²) in [4.78, 5) is 2.53. The molecule has 2 heteroatoms. The molecule has 0 aliphatic carbocycles. The Balaban J connectivity index is 1.78. The molecule has 14 heavy (non-hydrogen) atoms. The molecule has 3 aliphatic heterocycles. The third kappa shape index (κ3) is 2.37. The monoisotopic (exact) mass is 195 g/mol. The fourth-order valence-corrected chi connectivity index (χ4v) is 2.44. The van der Waals surface area contributed by atoms with E-state index >= 15 is 0 Å². The number of piperidine rings is 3. The van der Waals surface area contributed by atoms with Gasteiger partial charge in [0.15, 0.2) is 0 Å². The molecule has 1 unspecified atom stereocenters. The van der Waals surface area contributed by atoms with Gasteiger partial charge in [-0.25, -0.2) is 0 Å². The van der Waals surface area contributed by atoms with Gasteiger partial charge in [-0.1, -0.05) is 11.6 Å². The first-order valence-electron chi connectivity index (χ1n) is 5.73. The third-order valence-corrected chi connectivity index (χ3v) is 3.40. The summed E-state index contributed by atoms with van der Waals surface area (Å²) in [6.07, 6.45) is 5.38. The molecule has 0 saturated carbocycles. The van der Waals surface area contributed by atoms with Crippen molar-refractivity contribution in [2.75, 3.05) is 26.2 Å². The molecule has 3 rings (SSSR count). The van der Waals surface area contributed by atoms with Gasteiger partial charge in [0, 0.05) is 6.54 Å². The molecule has 0 radical (unpaired) electrons. The van der Waals surface area contributed by atoms with E-state index in [1.807, 2.05) is 0 Å². The van der Waals surface area contributed by atoms with E-state index in [0.29, 0.717) is 6.10 Å². The van der Waals surface area contributed by atoms with Gasteiger partial charge >= 0.3 is 0 Å². The van der Waals surface area contributed by atoms with Crippen molar-refractivity contribution in [3.63, 3.8) is 0 Å². The van der Waals surface area contributed by atoms with Crippen molar-refractivity contribution in [2.24, 2.45) is 5.92 Å². The standard InChI is InChI=1S/C12H21NO/c1-10(2)5-8-14-12-9-13-6-3-11(12)4-7-13/h5,11-12H,3-4,6-9H2,1-2H3. The Labute approximate surface area is 86.9 Å². The summed E-state index contributed by atoms with van der Waals surface area (Å²) >= 11 is 0. The van der Waals surface area contributed by atoms with Crippen LogP contribution < -0.4 is 0 Å². The summed E-state index contributed by atoms with van der Waals surface area (Å²) in [7, 11) is 0. The molecule has 0 aromatic heterocycles. The summed E-state index contributed by atoms with van der Waals surface area (Å²) in [6, 6.07) is 0. The van der Waals surface area contributed by atoms with E-state index in [1.165, 1.54) is 38.0 Å². The van der Waals surface area contributed by atoms with Crippen LogP contribution in [0.5, 0.6) is 0 Å². The lowest BCUT2D eigenvalue weighted by Crippen LogP contribution is -2.51. The lowest BCUT2D eigenvalue weighted by molar-refractivity contribution is -0.0604. The highest BCUT2D eigenvalue weighted by molar-refractivity contribution is 4.94. The second-order valence-corrected chi connectivity index (χ2v) is 4.79. The minimum atomic E-state index is 0.507. The van der Waals surface area contributed by atoms with Crippen LogP contribution in [-0.2, 0) is 4.74 Å². The Morgan fingerprint density at radius 3 is 2.57 bits per heavy atom. The van der Waals surface area contributed by atoms with E-state index in [9.17, 15) is 0 Å². The SMILES string of the molecule is CC(C)=CCOC1CN2CCC1CC2. The van der Waals surface area contributed by atoms with Crippen molar-refractivity contribution in [3.8, 4) is 0 Å². The molecule has 0 aromatic rings. The first kappa shape index (κ1) is 10.2. The fourth-order valence-electron chi connectivity index (χ4n) is 2.44. The minimum absolute atomic E-state index is 0.507. The largest absolute Gasteiger partial charge is 0.373 e. The maximum atomic E-state index is 5.91. The van der Waals surface area contributed by atoms with Crippen molar-refractivity contribution in [1.29, 1.82) is 0 Å². The first-order chi connectivity index (χ1) is 6.75. The Hall–Kier alpha value is -0.340. The van der Waals surface area contributed by atoms with Crippen LogP contribution in [0.25, 0.3) is 0 Å². The number of rotatable bonds is 3. The minimum Gasteiger partial charge on any atom is -0.373 e. The van der Waals surface area contributed by atoms with Crippen molar-refractivity contribution in [2.45, 2.75) is 32.8 Å². The molecule has 80 valence electrons. The normalized spacial score (nSPS) is 35.7. The quantitative estimate of drug-likeness (QED) is 0.639. The van der Waals surface area contributed by atoms with E-state index in [4.69, 9.17) is 4.74 Å². The Morgan fingerprint density at radius 1 is 1.36 bits per heavy atom. The maximum absolute atomic E-state index is 5.91. The van der Waals surface area contributed by atoms with Gasteiger partial charge in [0.1, 0.15) is 0 Å². The number of ether oxygens (including phenoxy) is 1. The van der Waals surface area contributed by atoms with Crippen molar-refractivity contribution < 1.29 is 4.74 Å². The average Bonchev–Trinajstić information content (AvgIpc) is 2.19. The molecule has 3 heterocycles. The molecule has 0 amide bonds. The molecule has 3 aliphatic rings. The van der Waals surface area contributed by atoms with Gasteiger partial charge in [0.25, 0.3) is 0 Å². The molecule has 0 spiro atoms. The lowest BCUT2D eigenvalue weighted by Gasteiger charge is -2.44. The van der Waals surface area contributed by atoms with Crippen LogP contribution in [0, 0.1) is 5.92 Å². The zero-order valence-corrected chi connectivity index (χ0v) is 9.33. The smallest absolute Gasteiger partial charge is 0.0735 e. The molecule has 1 atom stereocenters. The average molecular weight is 195 g/mol. The number of fused-ring (bicyclic) bond motifs is 3. The van der Waals surface area contributed by atoms with Gasteiger partial charge in [0.05, 0.1) is 12.7 Å². The maximum Gasteiger partial charge on any atom is 0.0735 e. The zero-order valence-electron chi connectivity index (χ0n) is 9.33. The van der Waals surface area contributed by atoms with Crippen LogP contribution in [-0.4, -0.2) is 37.2 Å². The van der Waals surface area contributed by atoms with Crippen LogP contribution >= 0.6 is 0 Å². The van der Waals surface area contributed by atoms with Gasteiger partial charge in [-0.2, -0.15) is 0 Å². The fraction of sp³-hybridized carbons (Fsp3) is 0.833. The highest BCUT2D eigenvalue weighted by Crippen LogP contribution is 2.29. The summed E-state index contributed by atoms with van der Waals surface area (Å²) in [5.41, 5.74) is 1.35. The third-order valence-electron chi connectivity index (χ3n) is 3.40. The predicted molar refractivity (Wildman–Crippen MR) is 58.3 cm³/mol. The van der Waals surface area contributed by atoms with Gasteiger partial charge in [-0.05, 0) is 45.7 Å². The summed E-state index contributed by atoms with van der Waals surface area (Å²) in [5.74, 6) is 0.838. The van der Waals surface area contributed by atoms with E-state index < -0.39 is 0 Å². The van der Waals surface area contributed by atoms with Crippen LogP contribution in [0.4, 0.5) is 0 Å². The van der Waals surface area contributed by atoms with E-state index in [1.54, 1.807) is 0 Å². The molecule has 2 nitrogen and oxygen atoms in total. The number of allylic oxidation sites excluding steroid dienone is 1. The van der Waals surface area contributed by atoms with Crippen LogP contribution in [0.15, 0.2) is 11.6 Å². The van der Waals surface area contributed by atoms with Crippen molar-refractivity contribution in [1.82, 2.24) is 4.90 Å². The van der Waals surface area contributed by atoms with E-state index in [2.05, 4.69) is 24.8 Å². The first-order valence-corrected chi connectivity index (χ1v) is 5.73. The molecular formula is C12H21NO. The lowest BCUT2D eigenvalue weighted by atomic mass is 9.86. The molecular weight excluding hydrogens is 174 g/mol. The summed E-state index contributed by atoms with van der Waals surface area (Å²) < 4.78 is 5.91. The number of hydrogen-bond donors (Lipinski definition) is 0. The Morgan fingerprint density at radius 2 is 2.07 bits per heavy atom. The molecule has 2 bridgehead atoms. The Kier molecular flexibility index (Phi) is 3.24. The van der Waals surface area contributed by atoms with E-state index in [0.717, 1.165) is 12.5 Å². The Bertz CT molecular complexity index is 212. The number of nitrogens with zero attached hydrogens (tertiary/aromatic N) is 1. The molecule has 3 saturated heterocycles.